The molecule has 16 rings (SSSR count). The molecule has 8 nitrogen and oxygen atoms in total. The van der Waals surface area contributed by atoms with Crippen LogP contribution in [0.2, 0.25) is 0 Å². The van der Waals surface area contributed by atoms with E-state index in [4.69, 9.17) is 9.98 Å². The van der Waals surface area contributed by atoms with Gasteiger partial charge in [0.15, 0.2) is 0 Å². The molecule has 0 spiro atoms. The van der Waals surface area contributed by atoms with Crippen LogP contribution in [0.15, 0.2) is 247 Å². The van der Waals surface area contributed by atoms with Crippen molar-refractivity contribution in [2.45, 2.75) is 61.9 Å². The normalized spacial score (nSPS) is 19.7. The highest BCUT2D eigenvalue weighted by Crippen LogP contribution is 2.53. The summed E-state index contributed by atoms with van der Waals surface area (Å²) >= 11 is 0. The number of rotatable bonds is 11. The van der Waals surface area contributed by atoms with Crippen LogP contribution in [0.4, 0.5) is 68.2 Å². The minimum Gasteiger partial charge on any atom is -0.383 e. The number of anilines is 11. The van der Waals surface area contributed by atoms with Crippen molar-refractivity contribution >= 4 is 80.7 Å². The first-order chi connectivity index (χ1) is 41.7. The molecule has 84 heavy (non-hydrogen) atoms. The van der Waals surface area contributed by atoms with Crippen molar-refractivity contribution in [1.29, 1.82) is 0 Å². The lowest BCUT2D eigenvalue weighted by molar-refractivity contribution is 0.419. The van der Waals surface area contributed by atoms with Crippen LogP contribution in [0.25, 0.3) is 22.3 Å². The Bertz CT molecular complexity index is 4030. The summed E-state index contributed by atoms with van der Waals surface area (Å²) in [4.78, 5) is 19.9. The smallest absolute Gasteiger partial charge is 0.0892 e. The number of fused-ring (bicyclic) bond motifs is 9. The standard InChI is InChI=1S/C76H66N8/c1-5-15-57(16-6-1)81(58-17-7-2-8-18-58)63-32-35-71-67(47-63)69-49-77-41-38-73(69)83(71)61-28-23-51(24-29-61)54-44-55(46-56(45-54)65-37-43-80-76-66(65)34-27-53-14-13-40-79-75(53)76)52-25-30-62(31-26-52)84-72-36-33-64(48-68(72)70-50-78-42-39-74(70)84)82(59-19-9-3-10-20-59)60-21-11-4-12-22-60/h1-12,15-36,40,44-49,65,69-70,73-74,78,80H,13-14,37-39,41-43,50H2. The Hall–Kier alpha value is -9.50. The van der Waals surface area contributed by atoms with E-state index in [0.29, 0.717) is 12.0 Å². The number of para-hydroxylation sites is 4. The lowest BCUT2D eigenvalue weighted by Gasteiger charge is -2.34. The minimum atomic E-state index is 0.196. The number of hydrogen-bond donors (Lipinski definition) is 2. The van der Waals surface area contributed by atoms with Crippen molar-refractivity contribution in [3.8, 4) is 22.3 Å². The summed E-state index contributed by atoms with van der Waals surface area (Å²) in [6.07, 6.45) is 9.43. The summed E-state index contributed by atoms with van der Waals surface area (Å²) in [6, 6.07) is 88.9. The molecule has 10 aromatic rings. The third-order valence-corrected chi connectivity index (χ3v) is 18.7. The van der Waals surface area contributed by atoms with Gasteiger partial charge in [0.2, 0.25) is 0 Å². The second-order valence-electron chi connectivity index (χ2n) is 23.4. The summed E-state index contributed by atoms with van der Waals surface area (Å²) in [6.45, 7) is 3.70. The molecule has 410 valence electrons. The van der Waals surface area contributed by atoms with Gasteiger partial charge < -0.3 is 30.2 Å². The molecule has 0 amide bonds. The van der Waals surface area contributed by atoms with E-state index < -0.39 is 0 Å². The summed E-state index contributed by atoms with van der Waals surface area (Å²) in [5.41, 5.74) is 25.9. The van der Waals surface area contributed by atoms with Crippen molar-refractivity contribution < 1.29 is 0 Å². The van der Waals surface area contributed by atoms with Crippen LogP contribution in [0.1, 0.15) is 71.3 Å². The van der Waals surface area contributed by atoms with Gasteiger partial charge in [-0.3, -0.25) is 9.98 Å². The van der Waals surface area contributed by atoms with Crippen molar-refractivity contribution in [2.24, 2.45) is 9.98 Å². The molecule has 0 radical (unpaired) electrons. The Kier molecular flexibility index (Phi) is 12.8. The Labute approximate surface area is 493 Å². The second kappa shape index (κ2) is 21.4. The molecule has 10 aromatic carbocycles. The van der Waals surface area contributed by atoms with Gasteiger partial charge in [-0.25, -0.2) is 0 Å². The fourth-order valence-corrected chi connectivity index (χ4v) is 14.8. The molecule has 6 aliphatic rings. The van der Waals surface area contributed by atoms with Crippen LogP contribution in [-0.4, -0.2) is 50.7 Å². The maximum atomic E-state index is 4.99. The lowest BCUT2D eigenvalue weighted by atomic mass is 9.81. The number of nitrogens with zero attached hydrogens (tertiary/aromatic N) is 6. The van der Waals surface area contributed by atoms with E-state index in [0.717, 1.165) is 92.4 Å². The van der Waals surface area contributed by atoms with Gasteiger partial charge in [0.05, 0.1) is 11.4 Å². The SMILES string of the molecule is C1=NCCC2C1c1cc(N(c3ccccc3)c3ccccc3)ccc1N2c1ccc(-c2cc(-c3ccc(N4c5ccc(N(c6ccccc6)c6ccccc6)cc5C5CNCCC54)cc3)cc(C3CCNc4c3ccc3c4N=CCC3)c2)cc1. The molecule has 1 fully saturated rings. The summed E-state index contributed by atoms with van der Waals surface area (Å²) < 4.78 is 0. The number of nitrogens with one attached hydrogen (secondary N) is 2. The second-order valence-corrected chi connectivity index (χ2v) is 23.4. The van der Waals surface area contributed by atoms with E-state index in [1.807, 2.05) is 0 Å². The van der Waals surface area contributed by atoms with Crippen LogP contribution in [0.3, 0.4) is 0 Å². The molecule has 0 saturated carbocycles. The molecule has 0 bridgehead atoms. The third-order valence-electron chi connectivity index (χ3n) is 18.7. The van der Waals surface area contributed by atoms with Gasteiger partial charge in [0.1, 0.15) is 0 Å². The number of aryl methyl sites for hydroxylation is 1. The molecule has 1 saturated heterocycles. The zero-order valence-electron chi connectivity index (χ0n) is 47.1. The number of benzene rings is 10. The predicted octanol–water partition coefficient (Wildman–Crippen LogP) is 18.2. The topological polar surface area (TPSA) is 61.7 Å². The average molecular weight is 1090 g/mol. The Balaban J connectivity index is 0.755. The molecule has 6 aliphatic heterocycles. The van der Waals surface area contributed by atoms with E-state index in [1.54, 1.807) is 0 Å². The molecule has 5 unspecified atom stereocenters. The van der Waals surface area contributed by atoms with Crippen molar-refractivity contribution in [3.63, 3.8) is 0 Å². The Morgan fingerprint density at radius 1 is 0.452 bits per heavy atom. The molecular weight excluding hydrogens is 1020 g/mol. The van der Waals surface area contributed by atoms with Gasteiger partial charge in [-0.2, -0.15) is 0 Å². The summed E-state index contributed by atoms with van der Waals surface area (Å²) in [5.74, 6) is 0.791. The van der Waals surface area contributed by atoms with Gasteiger partial charge in [0.25, 0.3) is 0 Å². The van der Waals surface area contributed by atoms with E-state index in [1.165, 1.54) is 84.2 Å². The summed E-state index contributed by atoms with van der Waals surface area (Å²) in [5, 5.41) is 7.58. The zero-order chi connectivity index (χ0) is 55.5. The van der Waals surface area contributed by atoms with Crippen molar-refractivity contribution in [3.05, 3.63) is 264 Å². The van der Waals surface area contributed by atoms with Gasteiger partial charge >= 0.3 is 0 Å². The van der Waals surface area contributed by atoms with E-state index in [2.05, 4.69) is 279 Å². The quantitative estimate of drug-likeness (QED) is 0.135. The third kappa shape index (κ3) is 8.86. The predicted molar refractivity (Wildman–Crippen MR) is 350 cm³/mol. The monoisotopic (exact) mass is 1090 g/mol. The van der Waals surface area contributed by atoms with E-state index >= 15 is 0 Å². The van der Waals surface area contributed by atoms with Crippen LogP contribution >= 0.6 is 0 Å². The molecule has 0 aromatic heterocycles. The van der Waals surface area contributed by atoms with E-state index in [9.17, 15) is 0 Å². The van der Waals surface area contributed by atoms with E-state index in [-0.39, 0.29) is 17.9 Å². The van der Waals surface area contributed by atoms with Crippen LogP contribution in [-0.2, 0) is 6.42 Å². The molecule has 0 aliphatic carbocycles. The minimum absolute atomic E-state index is 0.196. The maximum absolute atomic E-state index is 4.99. The highest BCUT2D eigenvalue weighted by molar-refractivity contribution is 5.89. The largest absolute Gasteiger partial charge is 0.383 e. The highest BCUT2D eigenvalue weighted by atomic mass is 15.2. The maximum Gasteiger partial charge on any atom is 0.0892 e. The van der Waals surface area contributed by atoms with Gasteiger partial charge in [-0.15, -0.1) is 0 Å². The first-order valence-electron chi connectivity index (χ1n) is 30.3. The van der Waals surface area contributed by atoms with Gasteiger partial charge in [0, 0.05) is 119 Å². The number of piperidine rings is 1. The molecule has 8 heteroatoms. The fraction of sp³-hybridized carbons (Fsp3) is 0.184. The first kappa shape index (κ1) is 50.2. The van der Waals surface area contributed by atoms with Gasteiger partial charge in [-0.1, -0.05) is 121 Å². The van der Waals surface area contributed by atoms with Crippen LogP contribution in [0.5, 0.6) is 0 Å². The number of hydrogen-bond acceptors (Lipinski definition) is 8. The highest BCUT2D eigenvalue weighted by Gasteiger charge is 2.42. The Morgan fingerprint density at radius 3 is 1.61 bits per heavy atom. The van der Waals surface area contributed by atoms with Crippen LogP contribution in [0, 0.1) is 0 Å². The van der Waals surface area contributed by atoms with Gasteiger partial charge in [-0.05, 0) is 204 Å². The molecule has 2 N–H and O–H groups in total. The number of aliphatic imine (C=N–C) groups is 2. The zero-order valence-corrected chi connectivity index (χ0v) is 47.1. The lowest BCUT2D eigenvalue weighted by Crippen LogP contribution is -2.42. The Morgan fingerprint density at radius 2 is 1.01 bits per heavy atom. The molecular formula is C76H66N8. The fourth-order valence-electron chi connectivity index (χ4n) is 14.8. The van der Waals surface area contributed by atoms with Crippen LogP contribution < -0.4 is 30.2 Å². The van der Waals surface area contributed by atoms with Crippen molar-refractivity contribution in [1.82, 2.24) is 5.32 Å². The first-order valence-corrected chi connectivity index (χ1v) is 30.3. The molecule has 5 atom stereocenters. The summed E-state index contributed by atoms with van der Waals surface area (Å²) in [7, 11) is 0. The van der Waals surface area contributed by atoms with Crippen molar-refractivity contribution in [2.75, 3.05) is 51.1 Å². The average Bonchev–Trinajstić information content (AvgIpc) is 2.42. The molecule has 6 heterocycles.